The predicted molar refractivity (Wildman–Crippen MR) is 71.9 cm³/mol. The molecule has 0 radical (unpaired) electrons. The Bertz CT molecular complexity index is 164. The third-order valence-electron chi connectivity index (χ3n) is 3.92. The Balaban J connectivity index is 2.10. The highest BCUT2D eigenvalue weighted by Gasteiger charge is 2.15. The average Bonchev–Trinajstić information content (AvgIpc) is 2.34. The first-order chi connectivity index (χ1) is 7.74. The minimum atomic E-state index is 0.675. The van der Waals surface area contributed by atoms with E-state index in [4.69, 9.17) is 0 Å². The van der Waals surface area contributed by atoms with Crippen LogP contribution in [0.1, 0.15) is 58.8 Å². The molecule has 0 heterocycles. The largest absolute Gasteiger partial charge is 0.312 e. The number of hydrogen-bond acceptors (Lipinski definition) is 2. The van der Waals surface area contributed by atoms with Gasteiger partial charge >= 0.3 is 0 Å². The van der Waals surface area contributed by atoms with Crippen LogP contribution in [0.2, 0.25) is 0 Å². The number of likely N-dealkylation sites (N-methyl/N-ethyl adjacent to an activating group) is 1. The van der Waals surface area contributed by atoms with Crippen LogP contribution in [0.3, 0.4) is 0 Å². The van der Waals surface area contributed by atoms with E-state index in [2.05, 4.69) is 31.1 Å². The second-order valence-corrected chi connectivity index (χ2v) is 5.43. The summed E-state index contributed by atoms with van der Waals surface area (Å²) in [6.07, 6.45) is 9.72. The van der Waals surface area contributed by atoms with E-state index < -0.39 is 0 Å². The van der Waals surface area contributed by atoms with E-state index in [0.29, 0.717) is 6.04 Å². The molecule has 0 aromatic rings. The van der Waals surface area contributed by atoms with Crippen LogP contribution in [0.5, 0.6) is 0 Å². The Morgan fingerprint density at radius 3 is 2.56 bits per heavy atom. The fourth-order valence-corrected chi connectivity index (χ4v) is 2.43. The van der Waals surface area contributed by atoms with E-state index in [9.17, 15) is 0 Å². The molecule has 1 aliphatic rings. The fraction of sp³-hybridized carbons (Fsp3) is 1.00. The molecule has 96 valence electrons. The molecular weight excluding hydrogens is 196 g/mol. The van der Waals surface area contributed by atoms with Crippen molar-refractivity contribution in [3.05, 3.63) is 0 Å². The summed E-state index contributed by atoms with van der Waals surface area (Å²) in [5.41, 5.74) is 0. The van der Waals surface area contributed by atoms with Crippen LogP contribution in [-0.4, -0.2) is 37.1 Å². The van der Waals surface area contributed by atoms with Crippen molar-refractivity contribution in [3.63, 3.8) is 0 Å². The monoisotopic (exact) mass is 226 g/mol. The minimum Gasteiger partial charge on any atom is -0.312 e. The molecule has 1 rings (SSSR count). The zero-order valence-electron chi connectivity index (χ0n) is 11.5. The summed E-state index contributed by atoms with van der Waals surface area (Å²) in [5, 5.41) is 3.74. The van der Waals surface area contributed by atoms with Gasteiger partial charge in [0.2, 0.25) is 0 Å². The van der Waals surface area contributed by atoms with Gasteiger partial charge in [-0.05, 0) is 39.8 Å². The Kier molecular flexibility index (Phi) is 7.06. The van der Waals surface area contributed by atoms with Crippen molar-refractivity contribution < 1.29 is 0 Å². The molecule has 0 spiro atoms. The van der Waals surface area contributed by atoms with Crippen molar-refractivity contribution in [3.8, 4) is 0 Å². The van der Waals surface area contributed by atoms with Gasteiger partial charge in [-0.15, -0.1) is 0 Å². The molecule has 1 aliphatic carbocycles. The Labute approximate surface area is 102 Å². The van der Waals surface area contributed by atoms with E-state index >= 15 is 0 Å². The van der Waals surface area contributed by atoms with Gasteiger partial charge < -0.3 is 10.2 Å². The predicted octanol–water partition coefficient (Wildman–Crippen LogP) is 3.03. The standard InChI is InChI=1S/C14H30N2/c1-4-5-11-16(3)13(2)12-15-14-9-7-6-8-10-14/h13-15H,4-12H2,1-3H3. The highest BCUT2D eigenvalue weighted by Crippen LogP contribution is 2.17. The Morgan fingerprint density at radius 2 is 1.94 bits per heavy atom. The maximum Gasteiger partial charge on any atom is 0.0189 e. The molecule has 1 unspecified atom stereocenters. The van der Waals surface area contributed by atoms with Crippen LogP contribution < -0.4 is 5.32 Å². The van der Waals surface area contributed by atoms with Crippen LogP contribution in [0.4, 0.5) is 0 Å². The molecular formula is C14H30N2. The van der Waals surface area contributed by atoms with E-state index in [0.717, 1.165) is 12.6 Å². The van der Waals surface area contributed by atoms with Crippen molar-refractivity contribution in [2.45, 2.75) is 70.9 Å². The lowest BCUT2D eigenvalue weighted by atomic mass is 9.95. The van der Waals surface area contributed by atoms with Crippen LogP contribution in [-0.2, 0) is 0 Å². The van der Waals surface area contributed by atoms with Gasteiger partial charge in [0.25, 0.3) is 0 Å². The van der Waals surface area contributed by atoms with E-state index in [1.54, 1.807) is 0 Å². The maximum absolute atomic E-state index is 3.74. The lowest BCUT2D eigenvalue weighted by Gasteiger charge is -2.29. The zero-order valence-corrected chi connectivity index (χ0v) is 11.5. The lowest BCUT2D eigenvalue weighted by Crippen LogP contribution is -2.42. The third-order valence-corrected chi connectivity index (χ3v) is 3.92. The Morgan fingerprint density at radius 1 is 1.25 bits per heavy atom. The summed E-state index contributed by atoms with van der Waals surface area (Å²) in [7, 11) is 2.25. The van der Waals surface area contributed by atoms with Crippen molar-refractivity contribution >= 4 is 0 Å². The molecule has 1 N–H and O–H groups in total. The smallest absolute Gasteiger partial charge is 0.0189 e. The molecule has 0 aliphatic heterocycles. The van der Waals surface area contributed by atoms with Gasteiger partial charge in [-0.2, -0.15) is 0 Å². The van der Waals surface area contributed by atoms with E-state index in [1.165, 1.54) is 51.5 Å². The number of nitrogens with one attached hydrogen (secondary N) is 1. The summed E-state index contributed by atoms with van der Waals surface area (Å²) in [6, 6.07) is 1.48. The summed E-state index contributed by atoms with van der Waals surface area (Å²) in [6.45, 7) is 7.00. The van der Waals surface area contributed by atoms with Crippen LogP contribution in [0.15, 0.2) is 0 Å². The van der Waals surface area contributed by atoms with E-state index in [1.807, 2.05) is 0 Å². The topological polar surface area (TPSA) is 15.3 Å². The van der Waals surface area contributed by atoms with Gasteiger partial charge in [0.05, 0.1) is 0 Å². The second kappa shape index (κ2) is 8.08. The van der Waals surface area contributed by atoms with Gasteiger partial charge in [-0.1, -0.05) is 32.6 Å². The number of unbranched alkanes of at least 4 members (excludes halogenated alkanes) is 1. The second-order valence-electron chi connectivity index (χ2n) is 5.43. The number of hydrogen-bond donors (Lipinski definition) is 1. The molecule has 0 bridgehead atoms. The Hall–Kier alpha value is -0.0800. The first kappa shape index (κ1) is 14.0. The van der Waals surface area contributed by atoms with Gasteiger partial charge in [0, 0.05) is 18.6 Å². The summed E-state index contributed by atoms with van der Waals surface area (Å²) in [4.78, 5) is 2.49. The lowest BCUT2D eigenvalue weighted by molar-refractivity contribution is 0.234. The highest BCUT2D eigenvalue weighted by atomic mass is 15.1. The van der Waals surface area contributed by atoms with Crippen molar-refractivity contribution in [1.82, 2.24) is 10.2 Å². The zero-order chi connectivity index (χ0) is 11.8. The van der Waals surface area contributed by atoms with Gasteiger partial charge in [0.15, 0.2) is 0 Å². The van der Waals surface area contributed by atoms with Crippen molar-refractivity contribution in [2.75, 3.05) is 20.1 Å². The molecule has 0 saturated heterocycles. The quantitative estimate of drug-likeness (QED) is 0.718. The van der Waals surface area contributed by atoms with Crippen molar-refractivity contribution in [2.24, 2.45) is 0 Å². The molecule has 1 atom stereocenters. The van der Waals surface area contributed by atoms with Gasteiger partial charge in [-0.3, -0.25) is 0 Å². The molecule has 2 heteroatoms. The van der Waals surface area contributed by atoms with E-state index in [-0.39, 0.29) is 0 Å². The van der Waals surface area contributed by atoms with Crippen LogP contribution >= 0.6 is 0 Å². The van der Waals surface area contributed by atoms with Crippen LogP contribution in [0, 0.1) is 0 Å². The molecule has 2 nitrogen and oxygen atoms in total. The molecule has 0 aromatic heterocycles. The summed E-state index contributed by atoms with van der Waals surface area (Å²) < 4.78 is 0. The minimum absolute atomic E-state index is 0.675. The third kappa shape index (κ3) is 5.31. The summed E-state index contributed by atoms with van der Waals surface area (Å²) >= 11 is 0. The molecule has 1 saturated carbocycles. The fourth-order valence-electron chi connectivity index (χ4n) is 2.43. The maximum atomic E-state index is 3.74. The molecule has 0 aromatic carbocycles. The molecule has 1 fully saturated rings. The average molecular weight is 226 g/mol. The van der Waals surface area contributed by atoms with Gasteiger partial charge in [-0.25, -0.2) is 0 Å². The summed E-state index contributed by atoms with van der Waals surface area (Å²) in [5.74, 6) is 0. The SMILES string of the molecule is CCCCN(C)C(C)CNC1CCCCC1. The van der Waals surface area contributed by atoms with Crippen LogP contribution in [0.25, 0.3) is 0 Å². The van der Waals surface area contributed by atoms with Gasteiger partial charge in [0.1, 0.15) is 0 Å². The number of nitrogens with zero attached hydrogens (tertiary/aromatic N) is 1. The molecule has 16 heavy (non-hydrogen) atoms. The normalized spacial score (nSPS) is 20.2. The van der Waals surface area contributed by atoms with Crippen molar-refractivity contribution in [1.29, 1.82) is 0 Å². The first-order valence-corrected chi connectivity index (χ1v) is 7.17. The first-order valence-electron chi connectivity index (χ1n) is 7.17. The highest BCUT2D eigenvalue weighted by molar-refractivity contribution is 4.75. The number of rotatable bonds is 7. The molecule has 0 amide bonds.